The number of ether oxygens (including phenoxy) is 2. The molecule has 0 fully saturated rings. The van der Waals surface area contributed by atoms with E-state index in [-0.39, 0.29) is 25.3 Å². The number of halogens is 5. The monoisotopic (exact) mass is 495 g/mol. The number of carbonyl (C=O) groups excluding carboxylic acids is 2. The fraction of sp³-hybridized carbons (Fsp3) is 0.900. The van der Waals surface area contributed by atoms with Gasteiger partial charge in [0.2, 0.25) is 0 Å². The molecule has 0 amide bonds. The maximum atomic E-state index is 13.4. The number of alkyl halides is 5. The van der Waals surface area contributed by atoms with E-state index in [4.69, 9.17) is 16.3 Å². The number of hydrogen-bond acceptors (Lipinski definition) is 6. The Kier molecular flexibility index (Phi) is 13.4. The second kappa shape index (κ2) is 15.7. The minimum atomic E-state index is -5.71. The zero-order valence-corrected chi connectivity index (χ0v) is 19.4. The molecule has 0 atom stereocenters. The molecule has 0 aliphatic rings. The number of esters is 2. The first-order valence-corrected chi connectivity index (χ1v) is 11.6. The van der Waals surface area contributed by atoms with Crippen LogP contribution < -0.4 is 0 Å². The highest BCUT2D eigenvalue weighted by Gasteiger charge is 2.57. The molecule has 0 bridgehead atoms. The van der Waals surface area contributed by atoms with Crippen LogP contribution in [0.2, 0.25) is 0 Å². The molecule has 5 nitrogen and oxygen atoms in total. The van der Waals surface area contributed by atoms with Crippen molar-refractivity contribution >= 4 is 31.8 Å². The van der Waals surface area contributed by atoms with Gasteiger partial charge in [0, 0.05) is 6.42 Å². The Hall–Kier alpha value is -1.04. The van der Waals surface area contributed by atoms with Crippen LogP contribution in [-0.2, 0) is 23.2 Å². The SMILES string of the molecule is [2H]B([3H])CSOCCCCCCCC(CCCC(F)(F)C(F)(F)F)(C(=O)OCC)C(=O)OCC. The Morgan fingerprint density at radius 3 is 1.97 bits per heavy atom. The second-order valence-corrected chi connectivity index (χ2v) is 8.01. The van der Waals surface area contributed by atoms with Gasteiger partial charge in [0.25, 0.3) is 0 Å². The molecule has 32 heavy (non-hydrogen) atoms. The first-order chi connectivity index (χ1) is 15.8. The van der Waals surface area contributed by atoms with Crippen LogP contribution in [0.3, 0.4) is 0 Å². The van der Waals surface area contributed by atoms with Gasteiger partial charge in [-0.3, -0.25) is 9.59 Å². The minimum absolute atomic E-state index is 0.0804. The topological polar surface area (TPSA) is 61.8 Å². The molecule has 0 aliphatic carbocycles. The van der Waals surface area contributed by atoms with Crippen LogP contribution in [0.1, 0.15) is 71.6 Å². The van der Waals surface area contributed by atoms with Crippen molar-refractivity contribution in [1.82, 2.24) is 0 Å². The van der Waals surface area contributed by atoms with Crippen molar-refractivity contribution in [2.24, 2.45) is 5.41 Å². The summed E-state index contributed by atoms with van der Waals surface area (Å²) in [5.74, 6) is -6.88. The maximum Gasteiger partial charge on any atom is 0.453 e. The summed E-state index contributed by atoms with van der Waals surface area (Å²) in [6.07, 6.45) is -5.42. The molecule has 0 aromatic heterocycles. The van der Waals surface area contributed by atoms with Gasteiger partial charge in [-0.05, 0) is 59.9 Å². The summed E-state index contributed by atoms with van der Waals surface area (Å²) in [6.45, 7) is 3.27. The van der Waals surface area contributed by atoms with E-state index in [1.807, 2.05) is 0 Å². The average molecular weight is 495 g/mol. The lowest BCUT2D eigenvalue weighted by Gasteiger charge is -2.30. The van der Waals surface area contributed by atoms with Crippen LogP contribution in [0.4, 0.5) is 22.0 Å². The lowest BCUT2D eigenvalue weighted by molar-refractivity contribution is -0.284. The van der Waals surface area contributed by atoms with Crippen LogP contribution in [0, 0.1) is 5.41 Å². The van der Waals surface area contributed by atoms with Gasteiger partial charge in [0.05, 0.1) is 19.8 Å². The predicted molar refractivity (Wildman–Crippen MR) is 115 cm³/mol. The second-order valence-electron chi connectivity index (χ2n) is 7.20. The zero-order chi connectivity index (χ0) is 26.3. The van der Waals surface area contributed by atoms with Crippen molar-refractivity contribution in [3.8, 4) is 0 Å². The predicted octanol–water partition coefficient (Wildman–Crippen LogP) is 5.06. The summed E-state index contributed by atoms with van der Waals surface area (Å²) >= 11 is 1.06. The molecular formula is C20H34BF5O5S. The number of rotatable bonds is 19. The number of carbonyl (C=O) groups is 2. The van der Waals surface area contributed by atoms with Gasteiger partial charge in [-0.1, -0.05) is 25.7 Å². The van der Waals surface area contributed by atoms with Gasteiger partial charge < -0.3 is 13.7 Å². The third-order valence-corrected chi connectivity index (χ3v) is 5.29. The van der Waals surface area contributed by atoms with Crippen molar-refractivity contribution in [2.75, 3.05) is 25.5 Å². The van der Waals surface area contributed by atoms with Gasteiger partial charge in [0.1, 0.15) is 7.77 Å². The molecule has 0 spiro atoms. The standard InChI is InChI=1S/C20H34BF5O5S/c1-3-29-16(27)18(17(28)30-4-2,12-10-13-19(22,23)20(24,25)26)11-8-6-5-7-9-14-31-32-15-21/h3-15,21H2,1-2H3/i21TD. The van der Waals surface area contributed by atoms with Crippen molar-refractivity contribution in [1.29, 1.82) is 2.67 Å². The van der Waals surface area contributed by atoms with Gasteiger partial charge in [-0.2, -0.15) is 22.0 Å². The normalized spacial score (nSPS) is 13.3. The molecule has 12 heteroatoms. The fourth-order valence-electron chi connectivity index (χ4n) is 3.13. The van der Waals surface area contributed by atoms with E-state index < -0.39 is 56.5 Å². The minimum Gasteiger partial charge on any atom is -0.465 e. The molecule has 0 aromatic rings. The summed E-state index contributed by atoms with van der Waals surface area (Å²) in [4.78, 5) is 25.3. The van der Waals surface area contributed by atoms with E-state index in [0.717, 1.165) is 31.3 Å². The molecule has 0 heterocycles. The molecule has 0 rings (SSSR count). The van der Waals surface area contributed by atoms with E-state index in [1.54, 1.807) is 0 Å². The molecule has 0 aliphatic heterocycles. The largest absolute Gasteiger partial charge is 0.465 e. The highest BCUT2D eigenvalue weighted by molar-refractivity contribution is 7.95. The highest BCUT2D eigenvalue weighted by Crippen LogP contribution is 2.42. The first kappa shape index (κ1) is 27.2. The third kappa shape index (κ3) is 10.7. The Morgan fingerprint density at radius 2 is 1.44 bits per heavy atom. The molecule has 0 aromatic carbocycles. The lowest BCUT2D eigenvalue weighted by Crippen LogP contribution is -2.43. The summed E-state index contributed by atoms with van der Waals surface area (Å²) in [6, 6.07) is 0. The molecular weight excluding hydrogens is 458 g/mol. The average Bonchev–Trinajstić information content (AvgIpc) is 2.72. The summed E-state index contributed by atoms with van der Waals surface area (Å²) in [5, 5.41) is 0. The van der Waals surface area contributed by atoms with E-state index in [0.29, 0.717) is 19.4 Å². The van der Waals surface area contributed by atoms with E-state index >= 15 is 0 Å². The summed E-state index contributed by atoms with van der Waals surface area (Å²) in [5.41, 5.74) is -1.69. The molecule has 0 N–H and O–H groups in total. The van der Waals surface area contributed by atoms with Crippen molar-refractivity contribution < 1.29 is 45.2 Å². The van der Waals surface area contributed by atoms with Crippen molar-refractivity contribution in [3.05, 3.63) is 0 Å². The Labute approximate surface area is 194 Å². The number of hydrogen-bond donors (Lipinski definition) is 0. The zero-order valence-electron chi connectivity index (χ0n) is 20.6. The van der Waals surface area contributed by atoms with Gasteiger partial charge in [-0.15, -0.1) is 0 Å². The van der Waals surface area contributed by atoms with Crippen molar-refractivity contribution in [3.63, 3.8) is 0 Å². The maximum absolute atomic E-state index is 13.4. The van der Waals surface area contributed by atoms with E-state index in [9.17, 15) is 31.5 Å². The molecule has 0 saturated carbocycles. The molecule has 188 valence electrons. The van der Waals surface area contributed by atoms with Crippen LogP contribution in [0.5, 0.6) is 0 Å². The summed E-state index contributed by atoms with van der Waals surface area (Å²) in [7, 11) is -0.955. The van der Waals surface area contributed by atoms with Crippen LogP contribution in [0.25, 0.3) is 0 Å². The number of unbranched alkanes of at least 4 members (excludes halogenated alkanes) is 4. The molecule has 0 saturated heterocycles. The Bertz CT molecular complexity index is 582. The van der Waals surface area contributed by atoms with E-state index in [1.165, 1.54) is 13.8 Å². The van der Waals surface area contributed by atoms with Crippen LogP contribution in [-0.4, -0.2) is 60.0 Å². The molecule has 0 unspecified atom stereocenters. The smallest absolute Gasteiger partial charge is 0.453 e. The van der Waals surface area contributed by atoms with Gasteiger partial charge in [0.15, 0.2) is 5.41 Å². The van der Waals surface area contributed by atoms with E-state index in [2.05, 4.69) is 0 Å². The Balaban J connectivity index is 4.96. The van der Waals surface area contributed by atoms with Crippen LogP contribution >= 0.6 is 12.0 Å². The van der Waals surface area contributed by atoms with Gasteiger partial charge >= 0.3 is 24.0 Å². The fourth-order valence-corrected chi connectivity index (χ4v) is 3.47. The first-order valence-electron chi connectivity index (χ1n) is 11.9. The summed E-state index contributed by atoms with van der Waals surface area (Å²) < 4.78 is 93.5. The highest BCUT2D eigenvalue weighted by atomic mass is 32.2. The van der Waals surface area contributed by atoms with Crippen molar-refractivity contribution in [2.45, 2.75) is 83.7 Å². The lowest BCUT2D eigenvalue weighted by atomic mass is 9.77. The third-order valence-electron chi connectivity index (χ3n) is 4.82. The molecule has 0 radical (unpaired) electrons. The quantitative estimate of drug-likeness (QED) is 0.0624. The Morgan fingerprint density at radius 1 is 0.906 bits per heavy atom. The van der Waals surface area contributed by atoms with Gasteiger partial charge in [-0.25, -0.2) is 0 Å². The van der Waals surface area contributed by atoms with Crippen LogP contribution in [0.15, 0.2) is 0 Å².